The molecule has 0 bridgehead atoms. The zero-order valence-electron chi connectivity index (χ0n) is 5.39. The molecule has 0 aliphatic carbocycles. The molecule has 0 aliphatic heterocycles. The van der Waals surface area contributed by atoms with Crippen molar-refractivity contribution in [3.8, 4) is 0 Å². The van der Waals surface area contributed by atoms with Crippen LogP contribution in [0.3, 0.4) is 0 Å². The van der Waals surface area contributed by atoms with E-state index in [1.165, 1.54) is 5.41 Å². The van der Waals surface area contributed by atoms with Gasteiger partial charge in [0.25, 0.3) is 0 Å². The van der Waals surface area contributed by atoms with Gasteiger partial charge in [-0.05, 0) is 13.8 Å². The first-order valence-electron chi connectivity index (χ1n) is 2.41. The molecular formula is C5H9BrO2S. The lowest BCUT2D eigenvalue weighted by atomic mass is 10.4. The average Bonchev–Trinajstić information content (AvgIpc) is 1.63. The lowest BCUT2D eigenvalue weighted by Crippen LogP contribution is -1.94. The van der Waals surface area contributed by atoms with Gasteiger partial charge in [-0.15, -0.1) is 0 Å². The Hall–Kier alpha value is 0.170. The van der Waals surface area contributed by atoms with Gasteiger partial charge in [-0.2, -0.15) is 0 Å². The summed E-state index contributed by atoms with van der Waals surface area (Å²) < 4.78 is 21.4. The molecule has 0 aromatic rings. The Morgan fingerprint density at radius 2 is 2.00 bits per heavy atom. The van der Waals surface area contributed by atoms with Crippen LogP contribution in [0.25, 0.3) is 0 Å². The zero-order valence-corrected chi connectivity index (χ0v) is 7.79. The first-order chi connectivity index (χ1) is 3.98. The molecule has 0 amide bonds. The highest BCUT2D eigenvalue weighted by molar-refractivity contribution is 9.10. The predicted octanol–water partition coefficient (Wildman–Crippen LogP) is 1.68. The highest BCUT2D eigenvalue weighted by atomic mass is 79.9. The molecule has 0 aliphatic rings. The fraction of sp³-hybridized carbons (Fsp3) is 0.600. The molecule has 0 N–H and O–H groups in total. The molecule has 0 aromatic heterocycles. The van der Waals surface area contributed by atoms with Gasteiger partial charge in [-0.3, -0.25) is 0 Å². The standard InChI is InChI=1S/C5H9BrO2S/c1-5(2)3-9(7,8)4-6/h3H,4H2,1-2H3. The van der Waals surface area contributed by atoms with E-state index in [4.69, 9.17) is 0 Å². The summed E-state index contributed by atoms with van der Waals surface area (Å²) in [6.07, 6.45) is 0. The van der Waals surface area contributed by atoms with Crippen LogP contribution in [0.2, 0.25) is 0 Å². The summed E-state index contributed by atoms with van der Waals surface area (Å²) >= 11 is 2.87. The molecule has 54 valence electrons. The zero-order chi connectivity index (χ0) is 7.49. The van der Waals surface area contributed by atoms with Crippen molar-refractivity contribution in [3.05, 3.63) is 11.0 Å². The minimum absolute atomic E-state index is 0.00514. The maximum atomic E-state index is 10.7. The van der Waals surface area contributed by atoms with E-state index in [9.17, 15) is 8.42 Å². The first-order valence-corrected chi connectivity index (χ1v) is 5.25. The van der Waals surface area contributed by atoms with Crippen LogP contribution in [0.1, 0.15) is 13.8 Å². The van der Waals surface area contributed by atoms with Crippen molar-refractivity contribution >= 4 is 25.8 Å². The number of alkyl halides is 1. The smallest absolute Gasteiger partial charge is 0.181 e. The maximum absolute atomic E-state index is 10.7. The van der Waals surface area contributed by atoms with Crippen molar-refractivity contribution in [1.29, 1.82) is 0 Å². The molecule has 9 heavy (non-hydrogen) atoms. The Kier molecular flexibility index (Phi) is 3.43. The van der Waals surface area contributed by atoms with Crippen LogP contribution in [0.5, 0.6) is 0 Å². The molecule has 0 heterocycles. The number of hydrogen-bond acceptors (Lipinski definition) is 2. The Balaban J connectivity index is 4.41. The van der Waals surface area contributed by atoms with Crippen molar-refractivity contribution < 1.29 is 8.42 Å². The van der Waals surface area contributed by atoms with Gasteiger partial charge >= 0.3 is 0 Å². The fourth-order valence-electron chi connectivity index (χ4n) is 0.391. The van der Waals surface area contributed by atoms with Crippen molar-refractivity contribution in [1.82, 2.24) is 0 Å². The van der Waals surface area contributed by atoms with Crippen LogP contribution in [0.15, 0.2) is 11.0 Å². The van der Waals surface area contributed by atoms with E-state index < -0.39 is 9.84 Å². The fourth-order valence-corrected chi connectivity index (χ4v) is 1.57. The molecule has 0 rings (SSSR count). The third kappa shape index (κ3) is 4.66. The molecule has 0 unspecified atom stereocenters. The molecule has 4 heteroatoms. The Bertz CT molecular complexity index is 199. The number of hydrogen-bond donors (Lipinski definition) is 0. The van der Waals surface area contributed by atoms with E-state index in [1.807, 2.05) is 0 Å². The summed E-state index contributed by atoms with van der Waals surface area (Å²) in [5.41, 5.74) is 0.800. The van der Waals surface area contributed by atoms with E-state index in [1.54, 1.807) is 13.8 Å². The first kappa shape index (κ1) is 9.17. The highest BCUT2D eigenvalue weighted by Gasteiger charge is 2.01. The van der Waals surface area contributed by atoms with Crippen LogP contribution in [-0.4, -0.2) is 13.1 Å². The molecule has 0 radical (unpaired) electrons. The Morgan fingerprint density at radius 1 is 1.56 bits per heavy atom. The molecule has 0 fully saturated rings. The Morgan fingerprint density at radius 3 is 2.11 bits per heavy atom. The van der Waals surface area contributed by atoms with E-state index in [0.717, 1.165) is 5.57 Å². The second-order valence-electron chi connectivity index (χ2n) is 1.97. The quantitative estimate of drug-likeness (QED) is 0.654. The van der Waals surface area contributed by atoms with Crippen LogP contribution < -0.4 is 0 Å². The molecule has 0 aromatic carbocycles. The van der Waals surface area contributed by atoms with Gasteiger partial charge in [0.2, 0.25) is 0 Å². The number of rotatable bonds is 2. The molecule has 2 nitrogen and oxygen atoms in total. The maximum Gasteiger partial charge on any atom is 0.181 e. The molecule has 0 atom stereocenters. The number of sulfone groups is 1. The normalized spacial score (nSPS) is 11.0. The highest BCUT2D eigenvalue weighted by Crippen LogP contribution is 2.01. The van der Waals surface area contributed by atoms with Gasteiger partial charge in [0.15, 0.2) is 9.84 Å². The molecular weight excluding hydrogens is 204 g/mol. The van der Waals surface area contributed by atoms with E-state index >= 15 is 0 Å². The molecule has 0 saturated heterocycles. The lowest BCUT2D eigenvalue weighted by molar-refractivity contribution is 0.609. The summed E-state index contributed by atoms with van der Waals surface area (Å²) in [5.74, 6) is 0. The van der Waals surface area contributed by atoms with Gasteiger partial charge < -0.3 is 0 Å². The van der Waals surface area contributed by atoms with Crippen molar-refractivity contribution in [2.75, 3.05) is 4.66 Å². The van der Waals surface area contributed by atoms with Crippen molar-refractivity contribution in [3.63, 3.8) is 0 Å². The van der Waals surface area contributed by atoms with Gasteiger partial charge in [-0.25, -0.2) is 8.42 Å². The van der Waals surface area contributed by atoms with Crippen LogP contribution in [0, 0.1) is 0 Å². The molecule has 0 saturated carbocycles. The second kappa shape index (κ2) is 3.37. The number of halogens is 1. The average molecular weight is 213 g/mol. The van der Waals surface area contributed by atoms with Gasteiger partial charge in [-0.1, -0.05) is 21.5 Å². The van der Waals surface area contributed by atoms with Gasteiger partial charge in [0.1, 0.15) is 4.66 Å². The summed E-state index contributed by atoms with van der Waals surface area (Å²) in [6.45, 7) is 3.50. The van der Waals surface area contributed by atoms with E-state index in [-0.39, 0.29) is 4.66 Å². The SMILES string of the molecule is CC(C)=CS(=O)(=O)CBr. The van der Waals surface area contributed by atoms with E-state index in [0.29, 0.717) is 0 Å². The third-order valence-electron chi connectivity index (χ3n) is 0.567. The monoisotopic (exact) mass is 212 g/mol. The van der Waals surface area contributed by atoms with E-state index in [2.05, 4.69) is 15.9 Å². The Labute approximate surface area is 64.0 Å². The van der Waals surface area contributed by atoms with Crippen LogP contribution in [0.4, 0.5) is 0 Å². The van der Waals surface area contributed by atoms with Gasteiger partial charge in [0.05, 0.1) is 0 Å². The number of allylic oxidation sites excluding steroid dienone is 1. The third-order valence-corrected chi connectivity index (χ3v) is 3.62. The topological polar surface area (TPSA) is 34.1 Å². The van der Waals surface area contributed by atoms with Crippen molar-refractivity contribution in [2.45, 2.75) is 13.8 Å². The summed E-state index contributed by atoms with van der Waals surface area (Å²) in [5, 5.41) is 1.25. The minimum atomic E-state index is -2.96. The van der Waals surface area contributed by atoms with Crippen molar-refractivity contribution in [2.24, 2.45) is 0 Å². The minimum Gasteiger partial charge on any atom is -0.223 e. The summed E-state index contributed by atoms with van der Waals surface area (Å²) in [4.78, 5) is 0. The van der Waals surface area contributed by atoms with Crippen LogP contribution in [-0.2, 0) is 9.84 Å². The second-order valence-corrected chi connectivity index (χ2v) is 5.12. The molecule has 0 spiro atoms. The lowest BCUT2D eigenvalue weighted by Gasteiger charge is -1.89. The summed E-state index contributed by atoms with van der Waals surface area (Å²) in [7, 11) is -2.96. The van der Waals surface area contributed by atoms with Crippen LogP contribution >= 0.6 is 15.9 Å². The largest absolute Gasteiger partial charge is 0.223 e. The van der Waals surface area contributed by atoms with Gasteiger partial charge in [0, 0.05) is 5.41 Å². The predicted molar refractivity (Wildman–Crippen MR) is 42.1 cm³/mol. The summed E-state index contributed by atoms with van der Waals surface area (Å²) in [6, 6.07) is 0.